The van der Waals surface area contributed by atoms with Crippen molar-refractivity contribution in [2.45, 2.75) is 13.8 Å². The standard InChI is InChI=1S/C17H21ClN2O6/c1-4-19-17(23)20-14(21)10-26-15(22)7-6-11-8-12(18)16(24-3)13(9-11)25-5-2/h6-9H,4-5,10H2,1-3H3,(H2,19,20,21,23)/b7-6+. The van der Waals surface area contributed by atoms with E-state index in [2.05, 4.69) is 5.32 Å². The number of rotatable bonds is 8. The SMILES string of the molecule is CCNC(=O)NC(=O)COC(=O)/C=C/c1cc(Cl)c(OC)c(OCC)c1. The summed E-state index contributed by atoms with van der Waals surface area (Å²) >= 11 is 6.12. The summed E-state index contributed by atoms with van der Waals surface area (Å²) in [6.45, 7) is 3.74. The van der Waals surface area contributed by atoms with Crippen LogP contribution >= 0.6 is 11.6 Å². The number of amides is 3. The number of benzene rings is 1. The molecule has 0 unspecified atom stereocenters. The van der Waals surface area contributed by atoms with Crippen LogP contribution in [0, 0.1) is 0 Å². The number of imide groups is 1. The molecule has 8 nitrogen and oxygen atoms in total. The minimum absolute atomic E-state index is 0.327. The van der Waals surface area contributed by atoms with Crippen molar-refractivity contribution >= 4 is 35.6 Å². The smallest absolute Gasteiger partial charge is 0.331 e. The first-order chi connectivity index (χ1) is 12.4. The molecular formula is C17H21ClN2O6. The summed E-state index contributed by atoms with van der Waals surface area (Å²) in [6.07, 6.45) is 2.59. The summed E-state index contributed by atoms with van der Waals surface area (Å²) in [5, 5.41) is 4.72. The fraction of sp³-hybridized carbons (Fsp3) is 0.353. The molecule has 3 amide bonds. The molecule has 1 rings (SSSR count). The van der Waals surface area contributed by atoms with E-state index in [0.29, 0.717) is 35.2 Å². The van der Waals surface area contributed by atoms with Gasteiger partial charge in [-0.1, -0.05) is 11.6 Å². The molecule has 0 heterocycles. The van der Waals surface area contributed by atoms with Gasteiger partial charge in [0.05, 0.1) is 18.7 Å². The quantitative estimate of drug-likeness (QED) is 0.526. The van der Waals surface area contributed by atoms with Gasteiger partial charge in [0.1, 0.15) is 0 Å². The summed E-state index contributed by atoms with van der Waals surface area (Å²) in [5.41, 5.74) is 0.586. The number of urea groups is 1. The molecule has 0 aliphatic heterocycles. The fourth-order valence-corrected chi connectivity index (χ4v) is 2.16. The maximum atomic E-state index is 11.7. The number of hydrogen-bond donors (Lipinski definition) is 2. The lowest BCUT2D eigenvalue weighted by Gasteiger charge is -2.11. The van der Waals surface area contributed by atoms with Gasteiger partial charge in [0.2, 0.25) is 0 Å². The lowest BCUT2D eigenvalue weighted by molar-refractivity contribution is -0.143. The summed E-state index contributed by atoms with van der Waals surface area (Å²) in [5.74, 6) is -0.642. The Bertz CT molecular complexity index is 690. The van der Waals surface area contributed by atoms with E-state index >= 15 is 0 Å². The van der Waals surface area contributed by atoms with Crippen LogP contribution in [-0.2, 0) is 14.3 Å². The van der Waals surface area contributed by atoms with Gasteiger partial charge in [-0.25, -0.2) is 9.59 Å². The van der Waals surface area contributed by atoms with E-state index in [1.165, 1.54) is 13.2 Å². The maximum absolute atomic E-state index is 11.7. The van der Waals surface area contributed by atoms with Crippen LogP contribution in [0.3, 0.4) is 0 Å². The monoisotopic (exact) mass is 384 g/mol. The van der Waals surface area contributed by atoms with E-state index < -0.39 is 24.5 Å². The lowest BCUT2D eigenvalue weighted by Crippen LogP contribution is -2.41. The number of nitrogens with one attached hydrogen (secondary N) is 2. The molecule has 1 aromatic carbocycles. The minimum Gasteiger partial charge on any atom is -0.491 e. The Labute approximate surface area is 156 Å². The molecule has 2 N–H and O–H groups in total. The Morgan fingerprint density at radius 3 is 2.58 bits per heavy atom. The zero-order chi connectivity index (χ0) is 19.5. The van der Waals surface area contributed by atoms with Gasteiger partial charge in [0.25, 0.3) is 5.91 Å². The highest BCUT2D eigenvalue weighted by molar-refractivity contribution is 6.32. The molecule has 0 aliphatic rings. The number of halogens is 1. The Hall–Kier alpha value is -2.74. The third-order valence-corrected chi connectivity index (χ3v) is 3.16. The van der Waals surface area contributed by atoms with Gasteiger partial charge in [-0.3, -0.25) is 10.1 Å². The summed E-state index contributed by atoms with van der Waals surface area (Å²) in [4.78, 5) is 34.2. The van der Waals surface area contributed by atoms with Gasteiger partial charge < -0.3 is 19.5 Å². The van der Waals surface area contributed by atoms with E-state index in [9.17, 15) is 14.4 Å². The van der Waals surface area contributed by atoms with Gasteiger partial charge in [-0.2, -0.15) is 0 Å². The first-order valence-corrected chi connectivity index (χ1v) is 8.21. The second kappa shape index (κ2) is 11.0. The molecule has 0 radical (unpaired) electrons. The molecule has 0 aromatic heterocycles. The van der Waals surface area contributed by atoms with Crippen LogP contribution in [0.15, 0.2) is 18.2 Å². The van der Waals surface area contributed by atoms with Crippen molar-refractivity contribution < 1.29 is 28.6 Å². The Kier molecular flexibility index (Phi) is 9.00. The van der Waals surface area contributed by atoms with E-state index in [1.807, 2.05) is 12.2 Å². The molecule has 0 fully saturated rings. The van der Waals surface area contributed by atoms with E-state index in [1.54, 1.807) is 19.1 Å². The Morgan fingerprint density at radius 1 is 1.23 bits per heavy atom. The van der Waals surface area contributed by atoms with E-state index in [-0.39, 0.29) is 0 Å². The third kappa shape index (κ3) is 7.02. The van der Waals surface area contributed by atoms with Crippen molar-refractivity contribution in [3.05, 3.63) is 28.8 Å². The van der Waals surface area contributed by atoms with Crippen molar-refractivity contribution in [1.82, 2.24) is 10.6 Å². The predicted molar refractivity (Wildman–Crippen MR) is 96.4 cm³/mol. The molecule has 0 bridgehead atoms. The zero-order valence-electron chi connectivity index (χ0n) is 14.8. The molecule has 0 aliphatic carbocycles. The average Bonchev–Trinajstić information content (AvgIpc) is 2.58. The van der Waals surface area contributed by atoms with Crippen LogP contribution in [-0.4, -0.2) is 44.8 Å². The maximum Gasteiger partial charge on any atom is 0.331 e. The molecule has 1 aromatic rings. The van der Waals surface area contributed by atoms with Crippen LogP contribution in [0.2, 0.25) is 5.02 Å². The molecule has 0 saturated heterocycles. The van der Waals surface area contributed by atoms with Gasteiger partial charge in [-0.05, 0) is 37.6 Å². The minimum atomic E-state index is -0.749. The van der Waals surface area contributed by atoms with Crippen LogP contribution in [0.1, 0.15) is 19.4 Å². The van der Waals surface area contributed by atoms with Crippen LogP contribution in [0.4, 0.5) is 4.79 Å². The highest BCUT2D eigenvalue weighted by Gasteiger charge is 2.11. The van der Waals surface area contributed by atoms with Gasteiger partial charge in [-0.15, -0.1) is 0 Å². The lowest BCUT2D eigenvalue weighted by atomic mass is 10.2. The summed E-state index contributed by atoms with van der Waals surface area (Å²) in [6, 6.07) is 2.59. The average molecular weight is 385 g/mol. The van der Waals surface area contributed by atoms with E-state index in [4.69, 9.17) is 25.8 Å². The number of hydrogen-bond acceptors (Lipinski definition) is 6. The molecule has 9 heteroatoms. The number of methoxy groups -OCH3 is 1. The largest absolute Gasteiger partial charge is 0.491 e. The van der Waals surface area contributed by atoms with E-state index in [0.717, 1.165) is 6.08 Å². The third-order valence-electron chi connectivity index (χ3n) is 2.88. The summed E-state index contributed by atoms with van der Waals surface area (Å²) in [7, 11) is 1.47. The van der Waals surface area contributed by atoms with Crippen LogP contribution < -0.4 is 20.1 Å². The molecule has 0 saturated carbocycles. The Morgan fingerprint density at radius 2 is 1.96 bits per heavy atom. The summed E-state index contributed by atoms with van der Waals surface area (Å²) < 4.78 is 15.4. The van der Waals surface area contributed by atoms with Gasteiger partial charge >= 0.3 is 12.0 Å². The topological polar surface area (TPSA) is 103 Å². The van der Waals surface area contributed by atoms with Crippen molar-refractivity contribution in [3.63, 3.8) is 0 Å². The molecule has 142 valence electrons. The highest BCUT2D eigenvalue weighted by atomic mass is 35.5. The first kappa shape index (κ1) is 21.3. The number of carbonyl (C=O) groups is 3. The number of esters is 1. The van der Waals surface area contributed by atoms with Crippen LogP contribution in [0.25, 0.3) is 6.08 Å². The van der Waals surface area contributed by atoms with Gasteiger partial charge in [0.15, 0.2) is 18.1 Å². The predicted octanol–water partition coefficient (Wildman–Crippen LogP) is 2.15. The van der Waals surface area contributed by atoms with Crippen molar-refractivity contribution in [1.29, 1.82) is 0 Å². The molecule has 26 heavy (non-hydrogen) atoms. The number of carbonyl (C=O) groups excluding carboxylic acids is 3. The van der Waals surface area contributed by atoms with Crippen molar-refractivity contribution in [2.75, 3.05) is 26.9 Å². The second-order valence-electron chi connectivity index (χ2n) is 4.82. The number of ether oxygens (including phenoxy) is 3. The zero-order valence-corrected chi connectivity index (χ0v) is 15.5. The van der Waals surface area contributed by atoms with Crippen LogP contribution in [0.5, 0.6) is 11.5 Å². The van der Waals surface area contributed by atoms with Gasteiger partial charge in [0, 0.05) is 12.6 Å². The van der Waals surface area contributed by atoms with Crippen molar-refractivity contribution in [3.8, 4) is 11.5 Å². The normalized spacial score (nSPS) is 10.3. The highest BCUT2D eigenvalue weighted by Crippen LogP contribution is 2.36. The molecular weight excluding hydrogens is 364 g/mol. The fourth-order valence-electron chi connectivity index (χ4n) is 1.86. The second-order valence-corrected chi connectivity index (χ2v) is 5.22. The Balaban J connectivity index is 2.65. The first-order valence-electron chi connectivity index (χ1n) is 7.84. The molecule has 0 spiro atoms. The van der Waals surface area contributed by atoms with Crippen molar-refractivity contribution in [2.24, 2.45) is 0 Å². The molecule has 0 atom stereocenters.